The fraction of sp³-hybridized carbons (Fsp3) is 0.846. The average Bonchev–Trinajstić information content (AvgIpc) is 2.37. The molecule has 0 aromatic rings. The predicted octanol–water partition coefficient (Wildman–Crippen LogP) is 1.45. The van der Waals surface area contributed by atoms with E-state index in [4.69, 9.17) is 9.84 Å². The summed E-state index contributed by atoms with van der Waals surface area (Å²) in [5.41, 5.74) is 0. The maximum absolute atomic E-state index is 12.1. The second-order valence-corrected chi connectivity index (χ2v) is 5.05. The lowest BCUT2D eigenvalue weighted by molar-refractivity contribution is -0.139. The minimum absolute atomic E-state index is 0.0646. The molecule has 3 atom stereocenters. The zero-order valence-electron chi connectivity index (χ0n) is 11.9. The first-order valence-electron chi connectivity index (χ1n) is 6.82. The molecule has 6 nitrogen and oxygen atoms in total. The Balaban J connectivity index is 2.55. The largest absolute Gasteiger partial charge is 0.480 e. The van der Waals surface area contributed by atoms with Crippen molar-refractivity contribution >= 4 is 12.0 Å². The molecule has 1 heterocycles. The number of urea groups is 1. The Morgan fingerprint density at radius 3 is 2.68 bits per heavy atom. The second-order valence-electron chi connectivity index (χ2n) is 5.05. The number of carbonyl (C=O) groups is 2. The number of carboxylic acids is 1. The summed E-state index contributed by atoms with van der Waals surface area (Å²) in [5.74, 6) is -0.977. The normalized spacial score (nSPS) is 24.9. The van der Waals surface area contributed by atoms with Crippen LogP contribution in [0.1, 0.15) is 39.5 Å². The quantitative estimate of drug-likeness (QED) is 0.794. The number of methoxy groups -OCH3 is 1. The van der Waals surface area contributed by atoms with Crippen molar-refractivity contribution in [2.45, 2.75) is 57.7 Å². The summed E-state index contributed by atoms with van der Waals surface area (Å²) in [5, 5.41) is 11.6. The Kier molecular flexibility index (Phi) is 6.08. The number of hydrogen-bond acceptors (Lipinski definition) is 3. The lowest BCUT2D eigenvalue weighted by Crippen LogP contribution is -2.54. The van der Waals surface area contributed by atoms with Crippen molar-refractivity contribution in [3.63, 3.8) is 0 Å². The van der Waals surface area contributed by atoms with Gasteiger partial charge in [0.15, 0.2) is 0 Å². The molecule has 0 radical (unpaired) electrons. The Bertz CT molecular complexity index is 322. The molecule has 2 amide bonds. The van der Waals surface area contributed by atoms with Gasteiger partial charge in [0.05, 0.1) is 6.10 Å². The number of hydrogen-bond donors (Lipinski definition) is 2. The van der Waals surface area contributed by atoms with Gasteiger partial charge in [0.1, 0.15) is 6.04 Å². The number of piperidine rings is 1. The standard InChI is InChI=1S/C13H24N2O4/c1-4-5-11(12(16)17)14-13(18)15-7-6-10(19-3)8-9(15)2/h9-11H,4-8H2,1-3H3,(H,14,18)(H,16,17)/t9?,10?,11-/m1/s1. The van der Waals surface area contributed by atoms with E-state index in [9.17, 15) is 9.59 Å². The molecule has 0 aliphatic carbocycles. The minimum atomic E-state index is -0.977. The van der Waals surface area contributed by atoms with Crippen molar-refractivity contribution in [1.82, 2.24) is 10.2 Å². The first-order valence-corrected chi connectivity index (χ1v) is 6.82. The zero-order valence-corrected chi connectivity index (χ0v) is 11.9. The Labute approximate surface area is 114 Å². The average molecular weight is 272 g/mol. The fourth-order valence-corrected chi connectivity index (χ4v) is 2.42. The van der Waals surface area contributed by atoms with Crippen molar-refractivity contribution in [1.29, 1.82) is 0 Å². The van der Waals surface area contributed by atoms with Crippen LogP contribution in [0.2, 0.25) is 0 Å². The van der Waals surface area contributed by atoms with Crippen LogP contribution in [0, 0.1) is 0 Å². The molecule has 0 aromatic heterocycles. The summed E-state index contributed by atoms with van der Waals surface area (Å²) in [6, 6.07) is -1.03. The van der Waals surface area contributed by atoms with Gasteiger partial charge in [-0.05, 0) is 26.2 Å². The molecule has 110 valence electrons. The van der Waals surface area contributed by atoms with Gasteiger partial charge in [0, 0.05) is 19.7 Å². The summed E-state index contributed by atoms with van der Waals surface area (Å²) in [6.45, 7) is 4.46. The molecule has 0 bridgehead atoms. The Morgan fingerprint density at radius 1 is 1.53 bits per heavy atom. The SMILES string of the molecule is CCC[C@@H](NC(=O)N1CCC(OC)CC1C)C(=O)O. The maximum Gasteiger partial charge on any atom is 0.326 e. The molecule has 0 spiro atoms. The molecule has 19 heavy (non-hydrogen) atoms. The molecule has 1 fully saturated rings. The molecule has 1 rings (SSSR count). The van der Waals surface area contributed by atoms with E-state index < -0.39 is 12.0 Å². The van der Waals surface area contributed by atoms with Gasteiger partial charge in [-0.2, -0.15) is 0 Å². The summed E-state index contributed by atoms with van der Waals surface area (Å²) in [6.07, 6.45) is 2.93. The van der Waals surface area contributed by atoms with E-state index in [1.54, 1.807) is 12.0 Å². The smallest absolute Gasteiger partial charge is 0.326 e. The molecular weight excluding hydrogens is 248 g/mol. The number of likely N-dealkylation sites (tertiary alicyclic amines) is 1. The van der Waals surface area contributed by atoms with E-state index in [-0.39, 0.29) is 18.2 Å². The van der Waals surface area contributed by atoms with Crippen LogP contribution in [0.25, 0.3) is 0 Å². The summed E-state index contributed by atoms with van der Waals surface area (Å²) in [7, 11) is 1.68. The van der Waals surface area contributed by atoms with Crippen LogP contribution < -0.4 is 5.32 Å². The minimum Gasteiger partial charge on any atom is -0.480 e. The van der Waals surface area contributed by atoms with E-state index in [0.29, 0.717) is 13.0 Å². The maximum atomic E-state index is 12.1. The van der Waals surface area contributed by atoms with Crippen molar-refractivity contribution < 1.29 is 19.4 Å². The number of nitrogens with zero attached hydrogens (tertiary/aromatic N) is 1. The molecule has 1 saturated heterocycles. The Hall–Kier alpha value is -1.30. The van der Waals surface area contributed by atoms with Gasteiger partial charge >= 0.3 is 12.0 Å². The zero-order chi connectivity index (χ0) is 14.4. The van der Waals surface area contributed by atoms with Crippen LogP contribution in [-0.4, -0.2) is 53.8 Å². The topological polar surface area (TPSA) is 78.9 Å². The van der Waals surface area contributed by atoms with Gasteiger partial charge in [-0.15, -0.1) is 0 Å². The van der Waals surface area contributed by atoms with Crippen LogP contribution in [0.5, 0.6) is 0 Å². The number of aliphatic carboxylic acids is 1. The molecule has 2 N–H and O–H groups in total. The van der Waals surface area contributed by atoms with Crippen LogP contribution in [0.15, 0.2) is 0 Å². The number of carboxylic acid groups (broad SMARTS) is 1. The number of ether oxygens (including phenoxy) is 1. The predicted molar refractivity (Wildman–Crippen MR) is 71.1 cm³/mol. The number of amides is 2. The van der Waals surface area contributed by atoms with E-state index >= 15 is 0 Å². The highest BCUT2D eigenvalue weighted by Gasteiger charge is 2.30. The molecular formula is C13H24N2O4. The van der Waals surface area contributed by atoms with Gasteiger partial charge in [-0.1, -0.05) is 13.3 Å². The third-order valence-corrected chi connectivity index (χ3v) is 3.60. The van der Waals surface area contributed by atoms with E-state index in [1.807, 2.05) is 13.8 Å². The third kappa shape index (κ3) is 4.38. The van der Waals surface area contributed by atoms with Crippen LogP contribution in [0.3, 0.4) is 0 Å². The first-order chi connectivity index (χ1) is 8.99. The summed E-state index contributed by atoms with van der Waals surface area (Å²) in [4.78, 5) is 24.8. The molecule has 6 heteroatoms. The summed E-state index contributed by atoms with van der Waals surface area (Å²) < 4.78 is 5.30. The highest BCUT2D eigenvalue weighted by atomic mass is 16.5. The lowest BCUT2D eigenvalue weighted by Gasteiger charge is -2.37. The lowest BCUT2D eigenvalue weighted by atomic mass is 10.0. The number of carbonyl (C=O) groups excluding carboxylic acids is 1. The first kappa shape index (κ1) is 15.8. The van der Waals surface area contributed by atoms with Crippen LogP contribution in [-0.2, 0) is 9.53 Å². The van der Waals surface area contributed by atoms with Crippen LogP contribution in [0.4, 0.5) is 4.79 Å². The highest BCUT2D eigenvalue weighted by Crippen LogP contribution is 2.19. The van der Waals surface area contributed by atoms with E-state index in [1.165, 1.54) is 0 Å². The van der Waals surface area contributed by atoms with E-state index in [0.717, 1.165) is 19.3 Å². The third-order valence-electron chi connectivity index (χ3n) is 3.60. The molecule has 1 aliphatic heterocycles. The molecule has 0 aromatic carbocycles. The fourth-order valence-electron chi connectivity index (χ4n) is 2.42. The second kappa shape index (κ2) is 7.33. The molecule has 1 aliphatic rings. The number of nitrogens with one attached hydrogen (secondary N) is 1. The van der Waals surface area contributed by atoms with Gasteiger partial charge in [0.25, 0.3) is 0 Å². The van der Waals surface area contributed by atoms with Gasteiger partial charge in [-0.3, -0.25) is 0 Å². The monoisotopic (exact) mass is 272 g/mol. The number of rotatable bonds is 5. The van der Waals surface area contributed by atoms with Gasteiger partial charge < -0.3 is 20.1 Å². The van der Waals surface area contributed by atoms with Crippen LogP contribution >= 0.6 is 0 Å². The Morgan fingerprint density at radius 2 is 2.21 bits per heavy atom. The van der Waals surface area contributed by atoms with Crippen molar-refractivity contribution in [3.05, 3.63) is 0 Å². The molecule has 2 unspecified atom stereocenters. The van der Waals surface area contributed by atoms with Gasteiger partial charge in [-0.25, -0.2) is 9.59 Å². The summed E-state index contributed by atoms with van der Waals surface area (Å²) >= 11 is 0. The van der Waals surface area contributed by atoms with Crippen molar-refractivity contribution in [2.75, 3.05) is 13.7 Å². The van der Waals surface area contributed by atoms with E-state index in [2.05, 4.69) is 5.32 Å². The molecule has 0 saturated carbocycles. The van der Waals surface area contributed by atoms with Crippen molar-refractivity contribution in [3.8, 4) is 0 Å². The highest BCUT2D eigenvalue weighted by molar-refractivity contribution is 5.82. The van der Waals surface area contributed by atoms with Crippen molar-refractivity contribution in [2.24, 2.45) is 0 Å². The van der Waals surface area contributed by atoms with Gasteiger partial charge in [0.2, 0.25) is 0 Å².